The van der Waals surface area contributed by atoms with Crippen molar-refractivity contribution in [1.29, 1.82) is 0 Å². The standard InChI is InChI=1S/C15H23NO3/c1-11(17-2)4-6-13(16)12-5-7-14-15(10-12)19-9-3-8-18-14/h5,7,10-11,13H,3-4,6,8-9,16H2,1-2H3. The van der Waals surface area contributed by atoms with Crippen LogP contribution in [0.2, 0.25) is 0 Å². The Labute approximate surface area is 114 Å². The number of hydrogen-bond donors (Lipinski definition) is 1. The molecule has 0 bridgehead atoms. The summed E-state index contributed by atoms with van der Waals surface area (Å²) in [6, 6.07) is 5.99. The fourth-order valence-electron chi connectivity index (χ4n) is 2.11. The Bertz CT molecular complexity index is 408. The molecule has 0 amide bonds. The van der Waals surface area contributed by atoms with Crippen molar-refractivity contribution in [2.45, 2.75) is 38.3 Å². The lowest BCUT2D eigenvalue weighted by atomic mass is 10.0. The molecule has 2 N–H and O–H groups in total. The van der Waals surface area contributed by atoms with Crippen LogP contribution in [0.1, 0.15) is 37.8 Å². The third-order valence-corrected chi connectivity index (χ3v) is 3.49. The third kappa shape index (κ3) is 3.85. The van der Waals surface area contributed by atoms with E-state index in [0.717, 1.165) is 36.3 Å². The van der Waals surface area contributed by atoms with Crippen molar-refractivity contribution in [1.82, 2.24) is 0 Å². The van der Waals surface area contributed by atoms with E-state index in [2.05, 4.69) is 6.92 Å². The summed E-state index contributed by atoms with van der Waals surface area (Å²) in [7, 11) is 1.73. The fourth-order valence-corrected chi connectivity index (χ4v) is 2.11. The highest BCUT2D eigenvalue weighted by molar-refractivity contribution is 5.44. The van der Waals surface area contributed by atoms with Gasteiger partial charge in [0.2, 0.25) is 0 Å². The van der Waals surface area contributed by atoms with Gasteiger partial charge in [-0.25, -0.2) is 0 Å². The van der Waals surface area contributed by atoms with E-state index in [1.165, 1.54) is 0 Å². The van der Waals surface area contributed by atoms with Gasteiger partial charge >= 0.3 is 0 Å². The van der Waals surface area contributed by atoms with Gasteiger partial charge in [-0.1, -0.05) is 6.07 Å². The SMILES string of the molecule is COC(C)CCC(N)c1ccc2c(c1)OCCCO2. The van der Waals surface area contributed by atoms with Crippen LogP contribution in [0.3, 0.4) is 0 Å². The van der Waals surface area contributed by atoms with Crippen molar-refractivity contribution in [3.05, 3.63) is 23.8 Å². The Kier molecular flexibility index (Phi) is 5.05. The minimum absolute atomic E-state index is 0.00903. The first kappa shape index (κ1) is 14.2. The summed E-state index contributed by atoms with van der Waals surface area (Å²) in [6.07, 6.45) is 3.01. The maximum absolute atomic E-state index is 6.22. The molecule has 0 aliphatic carbocycles. The number of fused-ring (bicyclic) bond motifs is 1. The molecule has 4 heteroatoms. The van der Waals surface area contributed by atoms with Crippen molar-refractivity contribution in [2.75, 3.05) is 20.3 Å². The molecule has 1 aromatic rings. The molecule has 2 unspecified atom stereocenters. The van der Waals surface area contributed by atoms with E-state index in [0.29, 0.717) is 13.2 Å². The van der Waals surface area contributed by atoms with Crippen LogP contribution in [0.5, 0.6) is 11.5 Å². The third-order valence-electron chi connectivity index (χ3n) is 3.49. The molecule has 0 spiro atoms. The van der Waals surface area contributed by atoms with Crippen molar-refractivity contribution < 1.29 is 14.2 Å². The first-order valence-electron chi connectivity index (χ1n) is 6.88. The first-order valence-corrected chi connectivity index (χ1v) is 6.88. The van der Waals surface area contributed by atoms with Gasteiger partial charge in [0.1, 0.15) is 0 Å². The quantitative estimate of drug-likeness (QED) is 0.889. The predicted molar refractivity (Wildman–Crippen MR) is 74.7 cm³/mol. The number of rotatable bonds is 5. The Hall–Kier alpha value is -1.26. The lowest BCUT2D eigenvalue weighted by Crippen LogP contribution is -2.14. The normalized spacial score (nSPS) is 17.6. The Morgan fingerprint density at radius 2 is 1.95 bits per heavy atom. The summed E-state index contributed by atoms with van der Waals surface area (Å²) < 4.78 is 16.5. The summed E-state index contributed by atoms with van der Waals surface area (Å²) in [4.78, 5) is 0. The Morgan fingerprint density at radius 1 is 1.21 bits per heavy atom. The molecule has 0 radical (unpaired) electrons. The topological polar surface area (TPSA) is 53.7 Å². The van der Waals surface area contributed by atoms with E-state index >= 15 is 0 Å². The van der Waals surface area contributed by atoms with Crippen molar-refractivity contribution in [3.8, 4) is 11.5 Å². The van der Waals surface area contributed by atoms with Gasteiger partial charge in [0, 0.05) is 19.6 Å². The average molecular weight is 265 g/mol. The van der Waals surface area contributed by atoms with E-state index in [1.807, 2.05) is 18.2 Å². The summed E-state index contributed by atoms with van der Waals surface area (Å²) in [5, 5.41) is 0. The highest BCUT2D eigenvalue weighted by Gasteiger charge is 2.14. The zero-order chi connectivity index (χ0) is 13.7. The van der Waals surface area contributed by atoms with Gasteiger partial charge in [0.05, 0.1) is 19.3 Å². The fraction of sp³-hybridized carbons (Fsp3) is 0.600. The molecule has 19 heavy (non-hydrogen) atoms. The number of benzene rings is 1. The maximum Gasteiger partial charge on any atom is 0.161 e. The van der Waals surface area contributed by atoms with Crippen LogP contribution in [0.25, 0.3) is 0 Å². The van der Waals surface area contributed by atoms with Gasteiger partial charge in [-0.05, 0) is 37.5 Å². The molecular formula is C15H23NO3. The monoisotopic (exact) mass is 265 g/mol. The molecule has 1 aliphatic rings. The van der Waals surface area contributed by atoms with Gasteiger partial charge in [-0.15, -0.1) is 0 Å². The first-order chi connectivity index (χ1) is 9.20. The Balaban J connectivity index is 2.02. The lowest BCUT2D eigenvalue weighted by Gasteiger charge is -2.16. The zero-order valence-corrected chi connectivity index (χ0v) is 11.7. The summed E-state index contributed by atoms with van der Waals surface area (Å²) >= 11 is 0. The van der Waals surface area contributed by atoms with Crippen LogP contribution in [-0.4, -0.2) is 26.4 Å². The van der Waals surface area contributed by atoms with Crippen LogP contribution in [0.4, 0.5) is 0 Å². The molecule has 0 saturated carbocycles. The van der Waals surface area contributed by atoms with Crippen LogP contribution >= 0.6 is 0 Å². The van der Waals surface area contributed by atoms with Crippen molar-refractivity contribution in [2.24, 2.45) is 5.73 Å². The summed E-state index contributed by atoms with van der Waals surface area (Å²) in [5.41, 5.74) is 7.31. The van der Waals surface area contributed by atoms with Crippen LogP contribution in [0.15, 0.2) is 18.2 Å². The van der Waals surface area contributed by atoms with Gasteiger partial charge in [0.15, 0.2) is 11.5 Å². The average Bonchev–Trinajstić information content (AvgIpc) is 2.68. The van der Waals surface area contributed by atoms with E-state index in [-0.39, 0.29) is 12.1 Å². The predicted octanol–water partition coefficient (Wildman–Crippen LogP) is 2.66. The Morgan fingerprint density at radius 3 is 2.68 bits per heavy atom. The molecule has 0 aromatic heterocycles. The second kappa shape index (κ2) is 6.78. The molecule has 2 rings (SSSR count). The molecule has 2 atom stereocenters. The highest BCUT2D eigenvalue weighted by Crippen LogP contribution is 2.32. The smallest absolute Gasteiger partial charge is 0.161 e. The minimum atomic E-state index is 0.00903. The number of ether oxygens (including phenoxy) is 3. The zero-order valence-electron chi connectivity index (χ0n) is 11.7. The van der Waals surface area contributed by atoms with Gasteiger partial charge in [-0.3, -0.25) is 0 Å². The second-order valence-corrected chi connectivity index (χ2v) is 4.99. The highest BCUT2D eigenvalue weighted by atomic mass is 16.5. The number of methoxy groups -OCH3 is 1. The molecule has 4 nitrogen and oxygen atoms in total. The molecular weight excluding hydrogens is 242 g/mol. The summed E-state index contributed by atoms with van der Waals surface area (Å²) in [5.74, 6) is 1.63. The van der Waals surface area contributed by atoms with Gasteiger partial charge < -0.3 is 19.9 Å². The van der Waals surface area contributed by atoms with E-state index in [4.69, 9.17) is 19.9 Å². The van der Waals surface area contributed by atoms with Gasteiger partial charge in [-0.2, -0.15) is 0 Å². The van der Waals surface area contributed by atoms with Crippen LogP contribution in [-0.2, 0) is 4.74 Å². The second-order valence-electron chi connectivity index (χ2n) is 4.99. The van der Waals surface area contributed by atoms with Gasteiger partial charge in [0.25, 0.3) is 0 Å². The molecule has 1 heterocycles. The van der Waals surface area contributed by atoms with E-state index < -0.39 is 0 Å². The van der Waals surface area contributed by atoms with Crippen molar-refractivity contribution >= 4 is 0 Å². The van der Waals surface area contributed by atoms with E-state index in [1.54, 1.807) is 7.11 Å². The number of nitrogens with two attached hydrogens (primary N) is 1. The molecule has 0 saturated heterocycles. The molecule has 1 aromatic carbocycles. The molecule has 106 valence electrons. The van der Waals surface area contributed by atoms with Crippen LogP contribution in [0, 0.1) is 0 Å². The minimum Gasteiger partial charge on any atom is -0.490 e. The molecule has 0 fully saturated rings. The number of hydrogen-bond acceptors (Lipinski definition) is 4. The van der Waals surface area contributed by atoms with Crippen LogP contribution < -0.4 is 15.2 Å². The van der Waals surface area contributed by atoms with Crippen molar-refractivity contribution in [3.63, 3.8) is 0 Å². The van der Waals surface area contributed by atoms with E-state index in [9.17, 15) is 0 Å². The largest absolute Gasteiger partial charge is 0.490 e. The summed E-state index contributed by atoms with van der Waals surface area (Å²) in [6.45, 7) is 3.47. The lowest BCUT2D eigenvalue weighted by molar-refractivity contribution is 0.107. The molecule has 1 aliphatic heterocycles. The maximum atomic E-state index is 6.22.